The Morgan fingerprint density at radius 2 is 1.68 bits per heavy atom. The summed E-state index contributed by atoms with van der Waals surface area (Å²) < 4.78 is 26.3. The maximum atomic E-state index is 12.3. The van der Waals surface area contributed by atoms with Crippen LogP contribution in [-0.2, 0) is 11.3 Å². The van der Waals surface area contributed by atoms with Crippen molar-refractivity contribution in [3.8, 4) is 11.5 Å². The van der Waals surface area contributed by atoms with Crippen LogP contribution in [0.1, 0.15) is 16.3 Å². The molecule has 4 aromatic rings. The first-order valence-electron chi connectivity index (χ1n) is 8.43. The first-order valence-corrected chi connectivity index (χ1v) is 8.43. The molecule has 0 aliphatic rings. The fraction of sp³-hybridized carbons (Fsp3) is 0.143. The smallest absolute Gasteiger partial charge is 0.373 e. The zero-order chi connectivity index (χ0) is 19.7. The van der Waals surface area contributed by atoms with Crippen LogP contribution < -0.4 is 15.1 Å². The van der Waals surface area contributed by atoms with E-state index in [2.05, 4.69) is 4.74 Å². The summed E-state index contributed by atoms with van der Waals surface area (Å²) in [6.45, 7) is 0.109. The SMILES string of the molecule is COC(=O)c1ccc(COc2ccc3c(c2)oc(=O)c2cc(OC)ccc23)o1. The molecule has 2 heterocycles. The Morgan fingerprint density at radius 1 is 0.893 bits per heavy atom. The second-order valence-corrected chi connectivity index (χ2v) is 6.01. The molecule has 0 saturated carbocycles. The largest absolute Gasteiger partial charge is 0.497 e. The van der Waals surface area contributed by atoms with Crippen LogP contribution in [0, 0.1) is 0 Å². The van der Waals surface area contributed by atoms with E-state index in [1.165, 1.54) is 13.2 Å². The van der Waals surface area contributed by atoms with Gasteiger partial charge in [-0.25, -0.2) is 9.59 Å². The van der Waals surface area contributed by atoms with Gasteiger partial charge in [-0.15, -0.1) is 0 Å². The number of fused-ring (bicyclic) bond motifs is 3. The van der Waals surface area contributed by atoms with E-state index in [9.17, 15) is 9.59 Å². The lowest BCUT2D eigenvalue weighted by atomic mass is 10.1. The third-order valence-corrected chi connectivity index (χ3v) is 4.32. The molecule has 28 heavy (non-hydrogen) atoms. The molecule has 7 heteroatoms. The number of benzene rings is 2. The molecule has 142 valence electrons. The Bertz CT molecular complexity index is 1230. The van der Waals surface area contributed by atoms with Gasteiger partial charge in [0, 0.05) is 16.8 Å². The minimum atomic E-state index is -0.553. The highest BCUT2D eigenvalue weighted by atomic mass is 16.5. The van der Waals surface area contributed by atoms with Crippen LogP contribution in [0.4, 0.5) is 0 Å². The summed E-state index contributed by atoms with van der Waals surface area (Å²) in [6, 6.07) is 13.7. The lowest BCUT2D eigenvalue weighted by molar-refractivity contribution is 0.0561. The first-order chi connectivity index (χ1) is 13.6. The fourth-order valence-electron chi connectivity index (χ4n) is 2.93. The Kier molecular flexibility index (Phi) is 4.49. The molecule has 0 aliphatic carbocycles. The van der Waals surface area contributed by atoms with Crippen LogP contribution in [0.15, 0.2) is 62.2 Å². The van der Waals surface area contributed by atoms with Gasteiger partial charge in [-0.05, 0) is 42.5 Å². The van der Waals surface area contributed by atoms with Crippen molar-refractivity contribution in [1.82, 2.24) is 0 Å². The first kappa shape index (κ1) is 17.7. The number of rotatable bonds is 5. The van der Waals surface area contributed by atoms with Gasteiger partial charge in [-0.3, -0.25) is 0 Å². The quantitative estimate of drug-likeness (QED) is 0.295. The van der Waals surface area contributed by atoms with Crippen LogP contribution >= 0.6 is 0 Å². The molecule has 0 bridgehead atoms. The molecule has 0 atom stereocenters. The highest BCUT2D eigenvalue weighted by molar-refractivity contribution is 6.04. The van der Waals surface area contributed by atoms with Gasteiger partial charge in [0.05, 0.1) is 19.6 Å². The average molecular weight is 380 g/mol. The Morgan fingerprint density at radius 3 is 2.46 bits per heavy atom. The van der Waals surface area contributed by atoms with Crippen molar-refractivity contribution in [2.75, 3.05) is 14.2 Å². The summed E-state index contributed by atoms with van der Waals surface area (Å²) in [5.74, 6) is 1.10. The molecule has 0 saturated heterocycles. The van der Waals surface area contributed by atoms with Gasteiger partial charge in [0.15, 0.2) is 0 Å². The summed E-state index contributed by atoms with van der Waals surface area (Å²) in [4.78, 5) is 23.7. The highest BCUT2D eigenvalue weighted by Gasteiger charge is 2.12. The Balaban J connectivity index is 1.62. The molecule has 0 amide bonds. The lowest BCUT2D eigenvalue weighted by Gasteiger charge is -2.08. The standard InChI is InChI=1S/C21H16O7/c1-24-12-3-6-15-16-7-4-13(10-19(16)28-20(22)17(15)9-12)26-11-14-5-8-18(27-14)21(23)25-2/h3-10H,11H2,1-2H3. The van der Waals surface area contributed by atoms with E-state index in [1.807, 2.05) is 12.1 Å². The highest BCUT2D eigenvalue weighted by Crippen LogP contribution is 2.28. The fourth-order valence-corrected chi connectivity index (χ4v) is 2.93. The number of carbonyl (C=O) groups excluding carboxylic acids is 1. The van der Waals surface area contributed by atoms with E-state index in [-0.39, 0.29) is 12.4 Å². The molecule has 2 aromatic carbocycles. The third-order valence-electron chi connectivity index (χ3n) is 4.32. The molecule has 0 spiro atoms. The van der Waals surface area contributed by atoms with Crippen molar-refractivity contribution in [2.45, 2.75) is 6.61 Å². The Labute approximate surface area is 159 Å². The summed E-state index contributed by atoms with van der Waals surface area (Å²) in [5, 5.41) is 2.01. The number of furan rings is 1. The van der Waals surface area contributed by atoms with Crippen LogP contribution in [-0.4, -0.2) is 20.2 Å². The van der Waals surface area contributed by atoms with E-state index in [4.69, 9.17) is 18.3 Å². The van der Waals surface area contributed by atoms with E-state index >= 15 is 0 Å². The van der Waals surface area contributed by atoms with Crippen molar-refractivity contribution < 1.29 is 27.8 Å². The van der Waals surface area contributed by atoms with Crippen molar-refractivity contribution in [3.05, 3.63) is 70.5 Å². The number of hydrogen-bond acceptors (Lipinski definition) is 7. The van der Waals surface area contributed by atoms with E-state index < -0.39 is 11.6 Å². The van der Waals surface area contributed by atoms with Gasteiger partial charge in [0.2, 0.25) is 5.76 Å². The van der Waals surface area contributed by atoms with Gasteiger partial charge in [0.1, 0.15) is 29.4 Å². The molecular formula is C21H16O7. The Hall–Kier alpha value is -3.74. The van der Waals surface area contributed by atoms with Gasteiger partial charge in [-0.1, -0.05) is 0 Å². The van der Waals surface area contributed by atoms with E-state index in [1.54, 1.807) is 37.4 Å². The van der Waals surface area contributed by atoms with Crippen LogP contribution in [0.25, 0.3) is 21.7 Å². The molecule has 0 unspecified atom stereocenters. The van der Waals surface area contributed by atoms with Crippen molar-refractivity contribution in [1.29, 1.82) is 0 Å². The molecule has 0 N–H and O–H groups in total. The predicted octanol–water partition coefficient (Wildman–Crippen LogP) is 3.91. The second kappa shape index (κ2) is 7.11. The number of ether oxygens (including phenoxy) is 3. The summed E-state index contributed by atoms with van der Waals surface area (Å²) in [7, 11) is 2.82. The average Bonchev–Trinajstić information content (AvgIpc) is 3.20. The monoisotopic (exact) mass is 380 g/mol. The summed E-state index contributed by atoms with van der Waals surface area (Å²) in [6.07, 6.45) is 0. The number of methoxy groups -OCH3 is 2. The third kappa shape index (κ3) is 3.18. The van der Waals surface area contributed by atoms with Gasteiger partial charge >= 0.3 is 11.6 Å². The zero-order valence-corrected chi connectivity index (χ0v) is 15.2. The van der Waals surface area contributed by atoms with Crippen LogP contribution in [0.5, 0.6) is 11.5 Å². The topological polar surface area (TPSA) is 88.1 Å². The normalized spacial score (nSPS) is 10.9. The van der Waals surface area contributed by atoms with Gasteiger partial charge in [-0.2, -0.15) is 0 Å². The molecule has 7 nitrogen and oxygen atoms in total. The minimum Gasteiger partial charge on any atom is -0.497 e. The van der Waals surface area contributed by atoms with E-state index in [0.29, 0.717) is 28.2 Å². The molecule has 0 radical (unpaired) electrons. The van der Waals surface area contributed by atoms with Crippen molar-refractivity contribution in [3.63, 3.8) is 0 Å². The van der Waals surface area contributed by atoms with Crippen LogP contribution in [0.3, 0.4) is 0 Å². The molecule has 4 rings (SSSR count). The maximum absolute atomic E-state index is 12.3. The van der Waals surface area contributed by atoms with E-state index in [0.717, 1.165) is 10.8 Å². The van der Waals surface area contributed by atoms with Gasteiger partial charge in [0.25, 0.3) is 0 Å². The zero-order valence-electron chi connectivity index (χ0n) is 15.2. The van der Waals surface area contributed by atoms with Crippen molar-refractivity contribution in [2.24, 2.45) is 0 Å². The lowest BCUT2D eigenvalue weighted by Crippen LogP contribution is -2.01. The number of esters is 1. The van der Waals surface area contributed by atoms with Crippen LogP contribution in [0.2, 0.25) is 0 Å². The number of carbonyl (C=O) groups is 1. The summed E-state index contributed by atoms with van der Waals surface area (Å²) in [5.41, 5.74) is -0.0397. The second-order valence-electron chi connectivity index (χ2n) is 6.01. The predicted molar refractivity (Wildman–Crippen MR) is 101 cm³/mol. The summed E-state index contributed by atoms with van der Waals surface area (Å²) >= 11 is 0. The maximum Gasteiger partial charge on any atom is 0.373 e. The molecule has 2 aromatic heterocycles. The molecular weight excluding hydrogens is 364 g/mol. The minimum absolute atomic E-state index is 0.104. The molecule has 0 fully saturated rings. The molecule has 0 aliphatic heterocycles. The van der Waals surface area contributed by atoms with Crippen molar-refractivity contribution >= 4 is 27.7 Å². The van der Waals surface area contributed by atoms with Gasteiger partial charge < -0.3 is 23.0 Å². The number of hydrogen-bond donors (Lipinski definition) is 0.